The van der Waals surface area contributed by atoms with Gasteiger partial charge in [-0.15, -0.1) is 0 Å². The van der Waals surface area contributed by atoms with Gasteiger partial charge in [-0.3, -0.25) is 9.30 Å². The van der Waals surface area contributed by atoms with Crippen molar-refractivity contribution < 1.29 is 46.4 Å². The first-order valence-electron chi connectivity index (χ1n) is 6.37. The van der Waals surface area contributed by atoms with Crippen LogP contribution in [-0.2, 0) is 32.6 Å². The number of rotatable bonds is 0. The quantitative estimate of drug-likeness (QED) is 0.615. The van der Waals surface area contributed by atoms with Crippen LogP contribution in [0.25, 0.3) is 0 Å². The number of aliphatic hydroxyl groups excluding tert-OH is 1. The molecule has 1 N–H and O–H groups in total. The molecule has 0 aromatic rings. The normalized spacial score (nSPS) is 52.0. The maximum absolute atomic E-state index is 13.6. The molecule has 3 rings (SSSR count). The summed E-state index contributed by atoms with van der Waals surface area (Å²) in [5.41, 5.74) is 0. The minimum Gasteiger partial charge on any atom is -0.370 e. The fraction of sp³-hybridized carbons (Fsp3) is 1.00. The molecule has 0 aliphatic carbocycles. The molecule has 3 fully saturated rings. The topological polar surface area (TPSA) is 92.7 Å². The van der Waals surface area contributed by atoms with Crippen LogP contribution in [0, 0.1) is 0 Å². The largest absolute Gasteiger partial charge is 0.370 e. The molecule has 3 saturated heterocycles. The molecule has 3 heterocycles. The summed E-state index contributed by atoms with van der Waals surface area (Å²) >= 11 is 0. The number of hydrogen-bond acceptors (Lipinski definition) is 8. The van der Waals surface area contributed by atoms with Gasteiger partial charge in [0.05, 0.1) is 26.4 Å². The lowest BCUT2D eigenvalue weighted by Gasteiger charge is -2.42. The molecular formula is C10H15F2O8P. The van der Waals surface area contributed by atoms with Gasteiger partial charge in [-0.25, -0.2) is 13.3 Å². The lowest BCUT2D eigenvalue weighted by atomic mass is 10.2. The number of aliphatic hydroxyl groups is 1. The summed E-state index contributed by atoms with van der Waals surface area (Å²) in [5, 5.41) is 9.67. The summed E-state index contributed by atoms with van der Waals surface area (Å²) < 4.78 is 68.5. The van der Waals surface area contributed by atoms with Crippen LogP contribution in [0.3, 0.4) is 0 Å². The second-order valence-electron chi connectivity index (χ2n) is 4.80. The van der Waals surface area contributed by atoms with Crippen molar-refractivity contribution >= 4 is 8.25 Å². The van der Waals surface area contributed by atoms with Crippen LogP contribution in [-0.4, -0.2) is 68.3 Å². The summed E-state index contributed by atoms with van der Waals surface area (Å²) in [4.78, 5) is 0. The summed E-state index contributed by atoms with van der Waals surface area (Å²) in [7, 11) is -3.19. The van der Waals surface area contributed by atoms with Crippen LogP contribution in [0.15, 0.2) is 0 Å². The Hall–Kier alpha value is -0.190. The van der Waals surface area contributed by atoms with Gasteiger partial charge in [-0.1, -0.05) is 0 Å². The zero-order valence-electron chi connectivity index (χ0n) is 10.8. The molecule has 0 radical (unpaired) electrons. The number of halogens is 2. The van der Waals surface area contributed by atoms with Crippen LogP contribution < -0.4 is 0 Å². The Kier molecular flexibility index (Phi) is 4.58. The number of fused-ring (bicyclic) bond motifs is 1. The first kappa shape index (κ1) is 15.7. The Morgan fingerprint density at radius 2 is 1.95 bits per heavy atom. The highest BCUT2D eigenvalue weighted by Crippen LogP contribution is 2.43. The van der Waals surface area contributed by atoms with E-state index >= 15 is 0 Å². The van der Waals surface area contributed by atoms with Gasteiger partial charge < -0.3 is 23.8 Å². The second-order valence-corrected chi connectivity index (χ2v) is 5.80. The fourth-order valence-corrected chi connectivity index (χ4v) is 3.04. The van der Waals surface area contributed by atoms with Crippen LogP contribution in [0.5, 0.6) is 0 Å². The lowest BCUT2D eigenvalue weighted by molar-refractivity contribution is -0.465. The van der Waals surface area contributed by atoms with Crippen molar-refractivity contribution in [2.24, 2.45) is 0 Å². The van der Waals surface area contributed by atoms with Crippen LogP contribution in [0.1, 0.15) is 0 Å². The molecule has 0 aromatic heterocycles. The van der Waals surface area contributed by atoms with E-state index in [0.29, 0.717) is 0 Å². The molecule has 0 saturated carbocycles. The highest BCUT2D eigenvalue weighted by atomic mass is 31.1. The van der Waals surface area contributed by atoms with E-state index in [2.05, 4.69) is 0 Å². The van der Waals surface area contributed by atoms with E-state index in [-0.39, 0.29) is 19.8 Å². The minimum absolute atomic E-state index is 0.197. The third-order valence-corrected chi connectivity index (χ3v) is 4.18. The van der Waals surface area contributed by atoms with Gasteiger partial charge in [0.2, 0.25) is 6.17 Å². The van der Waals surface area contributed by atoms with E-state index in [1.54, 1.807) is 0 Å². The summed E-state index contributed by atoms with van der Waals surface area (Å²) in [6.07, 6.45) is -6.62. The average molecular weight is 332 g/mol. The summed E-state index contributed by atoms with van der Waals surface area (Å²) in [6, 6.07) is 0. The van der Waals surface area contributed by atoms with Gasteiger partial charge in [0, 0.05) is 0 Å². The maximum atomic E-state index is 13.6. The molecule has 0 bridgehead atoms. The molecule has 3 aliphatic heterocycles. The van der Waals surface area contributed by atoms with Crippen LogP contribution >= 0.6 is 8.25 Å². The van der Waals surface area contributed by atoms with Crippen molar-refractivity contribution in [2.45, 2.75) is 36.8 Å². The third-order valence-electron chi connectivity index (χ3n) is 3.33. The Bertz CT molecular complexity index is 415. The third kappa shape index (κ3) is 3.13. The zero-order valence-corrected chi connectivity index (χ0v) is 11.8. The molecule has 21 heavy (non-hydrogen) atoms. The van der Waals surface area contributed by atoms with Crippen molar-refractivity contribution in [3.05, 3.63) is 0 Å². The molecular weight excluding hydrogens is 317 g/mol. The number of alkyl halides is 2. The van der Waals surface area contributed by atoms with Gasteiger partial charge in [0.1, 0.15) is 12.2 Å². The Labute approximate surface area is 119 Å². The van der Waals surface area contributed by atoms with E-state index in [1.807, 2.05) is 0 Å². The highest BCUT2D eigenvalue weighted by Gasteiger charge is 2.56. The molecule has 11 heteroatoms. The molecule has 0 aromatic carbocycles. The monoisotopic (exact) mass is 332 g/mol. The lowest BCUT2D eigenvalue weighted by Crippen LogP contribution is -2.60. The van der Waals surface area contributed by atoms with Crippen LogP contribution in [0.2, 0.25) is 0 Å². The van der Waals surface area contributed by atoms with Gasteiger partial charge in [-0.2, -0.15) is 0 Å². The van der Waals surface area contributed by atoms with Gasteiger partial charge in [0.25, 0.3) is 0 Å². The number of hydrogen-bond donors (Lipinski definition) is 1. The maximum Gasteiger partial charge on any atom is 0.327 e. The van der Waals surface area contributed by atoms with Crippen LogP contribution in [0.4, 0.5) is 8.78 Å². The first-order valence-corrected chi connectivity index (χ1v) is 7.59. The number of ether oxygens (including phenoxy) is 4. The molecule has 122 valence electrons. The predicted octanol–water partition coefficient (Wildman–Crippen LogP) is -0.0979. The summed E-state index contributed by atoms with van der Waals surface area (Å²) in [5.74, 6) is -2.28. The van der Waals surface area contributed by atoms with Crippen molar-refractivity contribution in [1.82, 2.24) is 0 Å². The predicted molar refractivity (Wildman–Crippen MR) is 61.1 cm³/mol. The van der Waals surface area contributed by atoms with Crippen molar-refractivity contribution in [3.8, 4) is 0 Å². The zero-order chi connectivity index (χ0) is 15.0. The van der Waals surface area contributed by atoms with E-state index in [1.165, 1.54) is 0 Å². The molecule has 8 nitrogen and oxygen atoms in total. The van der Waals surface area contributed by atoms with E-state index in [0.717, 1.165) is 0 Å². The smallest absolute Gasteiger partial charge is 0.327 e. The van der Waals surface area contributed by atoms with Gasteiger partial charge in [-0.05, 0) is 0 Å². The Morgan fingerprint density at radius 1 is 1.14 bits per heavy atom. The first-order chi connectivity index (χ1) is 10.00. The second kappa shape index (κ2) is 6.13. The average Bonchev–Trinajstić information content (AvgIpc) is 2.79. The summed E-state index contributed by atoms with van der Waals surface area (Å²) in [6.45, 7) is -1.24. The van der Waals surface area contributed by atoms with Gasteiger partial charge in [0.15, 0.2) is 12.5 Å². The van der Waals surface area contributed by atoms with E-state index in [4.69, 9.17) is 28.0 Å². The molecule has 7 unspecified atom stereocenters. The van der Waals surface area contributed by atoms with Crippen molar-refractivity contribution in [3.63, 3.8) is 0 Å². The molecule has 3 aliphatic rings. The van der Waals surface area contributed by atoms with Crippen molar-refractivity contribution in [2.75, 3.05) is 26.4 Å². The fourth-order valence-electron chi connectivity index (χ4n) is 2.21. The molecule has 1 spiro atoms. The Balaban J connectivity index is 1.73. The van der Waals surface area contributed by atoms with E-state index < -0.39 is 51.7 Å². The SMILES string of the molecule is O=[PH]1OCC2OCC(F)C2OCC(O)OC2(OCC2F)O1. The highest BCUT2D eigenvalue weighted by molar-refractivity contribution is 7.33. The minimum atomic E-state index is -3.19. The Morgan fingerprint density at radius 3 is 2.62 bits per heavy atom. The van der Waals surface area contributed by atoms with E-state index in [9.17, 15) is 18.5 Å². The molecule has 7 atom stereocenters. The standard InChI is InChI=1S/C10H15F2O8P/c11-5-1-15-6-2-18-21(14)20-10(7(12)3-17-10)19-8(13)4-16-9(5)6/h5-9,13,21H,1-4H2. The molecule has 0 amide bonds. The van der Waals surface area contributed by atoms with Crippen molar-refractivity contribution in [1.29, 1.82) is 0 Å². The van der Waals surface area contributed by atoms with Gasteiger partial charge >= 0.3 is 14.2 Å².